The summed E-state index contributed by atoms with van der Waals surface area (Å²) in [6, 6.07) is 9.24. The van der Waals surface area contributed by atoms with Crippen LogP contribution in [-0.4, -0.2) is 55.1 Å². The van der Waals surface area contributed by atoms with Gasteiger partial charge in [0, 0.05) is 11.7 Å². The van der Waals surface area contributed by atoms with Gasteiger partial charge in [0.2, 0.25) is 0 Å². The molecule has 3 aliphatic carbocycles. The number of pyridine rings is 1. The number of halogens is 2. The van der Waals surface area contributed by atoms with Crippen LogP contribution in [-0.2, 0) is 0 Å². The molecule has 3 N–H and O–H groups in total. The number of anilines is 1. The summed E-state index contributed by atoms with van der Waals surface area (Å²) in [5.74, 6) is -0.551. The van der Waals surface area contributed by atoms with Gasteiger partial charge < -0.3 is 15.7 Å². The summed E-state index contributed by atoms with van der Waals surface area (Å²) in [5.41, 5.74) is 0.209. The number of fused-ring (bicyclic) bond motifs is 4. The number of carbonyl (C=O) groups excluding carboxylic acids is 1. The minimum Gasteiger partial charge on any atom is -0.390 e. The van der Waals surface area contributed by atoms with Gasteiger partial charge >= 0.3 is 0 Å². The minimum atomic E-state index is -2.08. The van der Waals surface area contributed by atoms with Gasteiger partial charge in [0.15, 0.2) is 6.17 Å². The van der Waals surface area contributed by atoms with Crippen molar-refractivity contribution >= 4 is 17.1 Å². The lowest BCUT2D eigenvalue weighted by atomic mass is 9.63. The Labute approximate surface area is 213 Å². The molecule has 6 rings (SSSR count). The van der Waals surface area contributed by atoms with E-state index in [9.17, 15) is 18.7 Å². The van der Waals surface area contributed by atoms with Crippen LogP contribution in [0.15, 0.2) is 36.7 Å². The van der Waals surface area contributed by atoms with E-state index in [1.165, 1.54) is 12.4 Å². The van der Waals surface area contributed by atoms with Crippen molar-refractivity contribution in [2.24, 2.45) is 0 Å². The molecule has 3 aromatic heterocycles. The molecular weight excluding hydrogens is 478 g/mol. The Morgan fingerprint density at radius 3 is 2.57 bits per heavy atom. The molecule has 3 aromatic rings. The molecule has 0 aliphatic heterocycles. The van der Waals surface area contributed by atoms with Crippen LogP contribution in [0.1, 0.15) is 68.3 Å². The van der Waals surface area contributed by atoms with E-state index in [0.717, 1.165) is 38.6 Å². The summed E-state index contributed by atoms with van der Waals surface area (Å²) in [6.07, 6.45) is 5.38. The van der Waals surface area contributed by atoms with Crippen LogP contribution in [0.2, 0.25) is 0 Å². The van der Waals surface area contributed by atoms with E-state index in [0.29, 0.717) is 41.9 Å². The Bertz CT molecular complexity index is 1370. The van der Waals surface area contributed by atoms with Crippen molar-refractivity contribution in [3.63, 3.8) is 0 Å². The van der Waals surface area contributed by atoms with Crippen molar-refractivity contribution in [1.29, 1.82) is 5.26 Å². The van der Waals surface area contributed by atoms with E-state index in [2.05, 4.69) is 26.8 Å². The fraction of sp³-hybridized carbons (Fsp3) is 0.481. The molecule has 194 valence electrons. The number of nitrogens with zero attached hydrogens (tertiary/aromatic N) is 4. The number of aliphatic hydroxyl groups is 1. The smallest absolute Gasteiger partial charge is 0.255 e. The first kappa shape index (κ1) is 25.1. The molecule has 3 saturated carbocycles. The fourth-order valence-electron chi connectivity index (χ4n) is 5.29. The largest absolute Gasteiger partial charge is 0.390 e. The molecule has 0 spiro atoms. The molecule has 8 nitrogen and oxygen atoms in total. The van der Waals surface area contributed by atoms with Gasteiger partial charge in [-0.25, -0.2) is 13.3 Å². The molecule has 1 amide bonds. The van der Waals surface area contributed by atoms with Gasteiger partial charge in [-0.1, -0.05) is 0 Å². The Balaban J connectivity index is 1.49. The first-order chi connectivity index (χ1) is 17.5. The average molecular weight is 509 g/mol. The third-order valence-corrected chi connectivity index (χ3v) is 7.83. The van der Waals surface area contributed by atoms with E-state index in [4.69, 9.17) is 5.26 Å². The molecule has 1 atom stereocenters. The molecule has 0 radical (unpaired) electrons. The summed E-state index contributed by atoms with van der Waals surface area (Å²) < 4.78 is 29.8. The standard InChI is InChI=1S/C27H30F2N6O2/c1-25(2,29)23(28)16-32-24(36)19-15-31-21(22-4-3-18-11-17(13-30)14-33-35(18)22)12-20(19)34-26-5-8-27(37,9-6-26)10-7-26/h3-4,11-12,14-15,23,37H,5-10,16H2,1-2H3,(H,31,34)(H,32,36)/t23-,26?,27?/m1/s1. The van der Waals surface area contributed by atoms with Crippen molar-refractivity contribution in [2.75, 3.05) is 11.9 Å². The molecule has 0 aromatic carbocycles. The average Bonchev–Trinajstić information content (AvgIpc) is 3.30. The summed E-state index contributed by atoms with van der Waals surface area (Å²) in [5, 5.41) is 30.2. The second-order valence-electron chi connectivity index (χ2n) is 10.9. The van der Waals surface area contributed by atoms with E-state index < -0.39 is 29.9 Å². The monoisotopic (exact) mass is 508 g/mol. The third-order valence-electron chi connectivity index (χ3n) is 7.83. The second kappa shape index (κ2) is 9.06. The zero-order chi connectivity index (χ0) is 26.4. The molecule has 0 saturated heterocycles. The van der Waals surface area contributed by atoms with Gasteiger partial charge in [-0.05, 0) is 76.6 Å². The fourth-order valence-corrected chi connectivity index (χ4v) is 5.29. The van der Waals surface area contributed by atoms with Crippen molar-refractivity contribution in [3.8, 4) is 17.5 Å². The van der Waals surface area contributed by atoms with E-state index >= 15 is 0 Å². The van der Waals surface area contributed by atoms with Gasteiger partial charge in [0.1, 0.15) is 11.7 Å². The van der Waals surface area contributed by atoms with Gasteiger partial charge in [-0.3, -0.25) is 9.78 Å². The lowest BCUT2D eigenvalue weighted by molar-refractivity contribution is -0.0580. The minimum absolute atomic E-state index is 0.231. The van der Waals surface area contributed by atoms with Crippen molar-refractivity contribution in [1.82, 2.24) is 19.9 Å². The van der Waals surface area contributed by atoms with Gasteiger partial charge in [0.05, 0.1) is 52.1 Å². The highest BCUT2D eigenvalue weighted by molar-refractivity contribution is 6.00. The van der Waals surface area contributed by atoms with Crippen LogP contribution in [0.3, 0.4) is 0 Å². The van der Waals surface area contributed by atoms with E-state index in [1.54, 1.807) is 16.6 Å². The molecule has 3 aliphatic rings. The number of nitrogens with one attached hydrogen (secondary N) is 2. The van der Waals surface area contributed by atoms with Crippen molar-refractivity contribution < 1.29 is 18.7 Å². The molecular formula is C27H30F2N6O2. The Hall–Kier alpha value is -3.58. The SMILES string of the molecule is CC(C)(F)[C@H](F)CNC(=O)c1cnc(-c2ccc3cc(C#N)cnn23)cc1NC12CCC(O)(CC1)CC2. The summed E-state index contributed by atoms with van der Waals surface area (Å²) in [6.45, 7) is 1.81. The predicted molar refractivity (Wildman–Crippen MR) is 135 cm³/mol. The first-order valence-electron chi connectivity index (χ1n) is 12.5. The lowest BCUT2D eigenvalue weighted by Gasteiger charge is -2.51. The maximum Gasteiger partial charge on any atom is 0.255 e. The van der Waals surface area contributed by atoms with Crippen LogP contribution in [0.4, 0.5) is 14.5 Å². The van der Waals surface area contributed by atoms with Gasteiger partial charge in [-0.2, -0.15) is 10.4 Å². The third kappa shape index (κ3) is 4.88. The predicted octanol–water partition coefficient (Wildman–Crippen LogP) is 4.33. The van der Waals surface area contributed by atoms with Gasteiger partial charge in [0.25, 0.3) is 5.91 Å². The summed E-state index contributed by atoms with van der Waals surface area (Å²) in [4.78, 5) is 17.6. The van der Waals surface area contributed by atoms with Crippen LogP contribution in [0, 0.1) is 11.3 Å². The Kier molecular flexibility index (Phi) is 6.15. The maximum absolute atomic E-state index is 14.2. The first-order valence-corrected chi connectivity index (χ1v) is 12.5. The topological polar surface area (TPSA) is 115 Å². The van der Waals surface area contributed by atoms with Gasteiger partial charge in [-0.15, -0.1) is 0 Å². The highest BCUT2D eigenvalue weighted by Crippen LogP contribution is 2.48. The van der Waals surface area contributed by atoms with E-state index in [-0.39, 0.29) is 11.1 Å². The Morgan fingerprint density at radius 2 is 1.92 bits per heavy atom. The quantitative estimate of drug-likeness (QED) is 0.438. The number of alkyl halides is 2. The number of carbonyl (C=O) groups is 1. The Morgan fingerprint density at radius 1 is 1.22 bits per heavy atom. The summed E-state index contributed by atoms with van der Waals surface area (Å²) >= 11 is 0. The zero-order valence-electron chi connectivity index (χ0n) is 20.9. The number of hydrogen-bond donors (Lipinski definition) is 3. The number of rotatable bonds is 7. The summed E-state index contributed by atoms with van der Waals surface area (Å²) in [7, 11) is 0. The molecule has 0 unspecified atom stereocenters. The number of amides is 1. The second-order valence-corrected chi connectivity index (χ2v) is 10.9. The number of nitriles is 1. The number of hydrogen-bond acceptors (Lipinski definition) is 6. The van der Waals surface area contributed by atoms with Crippen molar-refractivity contribution in [3.05, 3.63) is 47.8 Å². The van der Waals surface area contributed by atoms with Crippen LogP contribution < -0.4 is 10.6 Å². The lowest BCUT2D eigenvalue weighted by Crippen LogP contribution is -2.54. The maximum atomic E-state index is 14.2. The van der Waals surface area contributed by atoms with Crippen LogP contribution in [0.5, 0.6) is 0 Å². The van der Waals surface area contributed by atoms with Crippen molar-refractivity contribution in [2.45, 2.75) is 75.4 Å². The van der Waals surface area contributed by atoms with Crippen LogP contribution in [0.25, 0.3) is 16.9 Å². The molecule has 3 heterocycles. The zero-order valence-corrected chi connectivity index (χ0v) is 20.9. The molecule has 37 heavy (non-hydrogen) atoms. The van der Waals surface area contributed by atoms with Crippen LogP contribution >= 0.6 is 0 Å². The molecule has 10 heteroatoms. The molecule has 2 bridgehead atoms. The molecule has 3 fully saturated rings. The highest BCUT2D eigenvalue weighted by Gasteiger charge is 2.48. The normalized spacial score (nSPS) is 24.0. The number of aromatic nitrogens is 3. The van der Waals surface area contributed by atoms with E-state index in [1.807, 2.05) is 12.1 Å². The highest BCUT2D eigenvalue weighted by atomic mass is 19.2.